The van der Waals surface area contributed by atoms with Gasteiger partial charge in [0.2, 0.25) is 11.3 Å². The van der Waals surface area contributed by atoms with Crippen molar-refractivity contribution in [2.75, 3.05) is 19.0 Å². The lowest BCUT2D eigenvalue weighted by Crippen LogP contribution is -2.50. The molecule has 1 aliphatic rings. The smallest absolute Gasteiger partial charge is 0.340 e. The molecule has 5 heteroatoms. The van der Waals surface area contributed by atoms with Gasteiger partial charge in [0.05, 0.1) is 13.7 Å². The Labute approximate surface area is 117 Å². The van der Waals surface area contributed by atoms with Crippen LogP contribution in [0.4, 0.5) is 5.69 Å². The molecule has 1 N–H and O–H groups in total. The van der Waals surface area contributed by atoms with Gasteiger partial charge in [-0.1, -0.05) is 6.08 Å². The van der Waals surface area contributed by atoms with Gasteiger partial charge in [-0.15, -0.1) is 6.58 Å². The zero-order valence-corrected chi connectivity index (χ0v) is 11.6. The number of esters is 1. The second kappa shape index (κ2) is 5.36. The predicted molar refractivity (Wildman–Crippen MR) is 75.1 cm³/mol. The molecule has 0 fully saturated rings. The summed E-state index contributed by atoms with van der Waals surface area (Å²) in [6.45, 7) is 5.54. The summed E-state index contributed by atoms with van der Waals surface area (Å²) in [5, 5.41) is 2.98. The zero-order chi connectivity index (χ0) is 14.8. The molecule has 1 aromatic rings. The van der Waals surface area contributed by atoms with Gasteiger partial charge in [0, 0.05) is 17.7 Å². The van der Waals surface area contributed by atoms with Crippen LogP contribution in [0.25, 0.3) is 0 Å². The molecule has 0 aliphatic carbocycles. The van der Waals surface area contributed by atoms with Crippen molar-refractivity contribution in [1.82, 2.24) is 0 Å². The predicted octanol–water partition coefficient (Wildman–Crippen LogP) is 2.18. The largest absolute Gasteiger partial charge is 0.497 e. The van der Waals surface area contributed by atoms with Crippen molar-refractivity contribution >= 4 is 17.4 Å². The van der Waals surface area contributed by atoms with E-state index >= 15 is 0 Å². The molecule has 0 amide bonds. The Morgan fingerprint density at radius 2 is 2.25 bits per heavy atom. The highest BCUT2D eigenvalue weighted by Crippen LogP contribution is 2.37. The topological polar surface area (TPSA) is 64.6 Å². The number of rotatable bonds is 5. The number of anilines is 1. The Kier molecular flexibility index (Phi) is 3.79. The van der Waals surface area contributed by atoms with E-state index in [0.29, 0.717) is 17.0 Å². The molecule has 106 valence electrons. The maximum absolute atomic E-state index is 12.6. The van der Waals surface area contributed by atoms with Crippen LogP contribution < -0.4 is 10.1 Å². The van der Waals surface area contributed by atoms with E-state index in [9.17, 15) is 9.59 Å². The van der Waals surface area contributed by atoms with E-state index in [1.807, 2.05) is 0 Å². The fraction of sp³-hybridized carbons (Fsp3) is 0.333. The molecule has 1 unspecified atom stereocenters. The van der Waals surface area contributed by atoms with Gasteiger partial charge in [-0.25, -0.2) is 4.79 Å². The number of carbonyl (C=O) groups excluding carboxylic acids is 2. The van der Waals surface area contributed by atoms with Gasteiger partial charge in [0.15, 0.2) is 0 Å². The van der Waals surface area contributed by atoms with Crippen molar-refractivity contribution in [3.8, 4) is 5.75 Å². The molecule has 1 aromatic carbocycles. The van der Waals surface area contributed by atoms with E-state index in [1.165, 1.54) is 13.2 Å². The van der Waals surface area contributed by atoms with Crippen molar-refractivity contribution in [1.29, 1.82) is 0 Å². The van der Waals surface area contributed by atoms with Crippen LogP contribution in [0.1, 0.15) is 23.7 Å². The van der Waals surface area contributed by atoms with E-state index in [-0.39, 0.29) is 18.8 Å². The first-order valence-corrected chi connectivity index (χ1v) is 6.38. The Morgan fingerprint density at radius 1 is 1.50 bits per heavy atom. The summed E-state index contributed by atoms with van der Waals surface area (Å²) < 4.78 is 10.1. The maximum atomic E-state index is 12.6. The number of ketones is 1. The third-order valence-corrected chi connectivity index (χ3v) is 3.28. The molecule has 0 saturated carbocycles. The van der Waals surface area contributed by atoms with Gasteiger partial charge in [0.25, 0.3) is 0 Å². The minimum Gasteiger partial charge on any atom is -0.497 e. The zero-order valence-electron chi connectivity index (χ0n) is 11.6. The summed E-state index contributed by atoms with van der Waals surface area (Å²) in [5.74, 6) is -0.332. The molecule has 1 heterocycles. The fourth-order valence-electron chi connectivity index (χ4n) is 2.31. The molecule has 0 saturated heterocycles. The minimum atomic E-state index is -1.41. The summed E-state index contributed by atoms with van der Waals surface area (Å²) >= 11 is 0. The van der Waals surface area contributed by atoms with Crippen molar-refractivity contribution in [2.24, 2.45) is 0 Å². The average molecular weight is 275 g/mol. The molecule has 1 atom stereocenters. The quantitative estimate of drug-likeness (QED) is 0.507. The Morgan fingerprint density at radius 3 is 2.85 bits per heavy atom. The van der Waals surface area contributed by atoms with E-state index in [4.69, 9.17) is 9.47 Å². The molecule has 0 bridgehead atoms. The average Bonchev–Trinajstić information content (AvgIpc) is 2.73. The molecule has 5 nitrogen and oxygen atoms in total. The van der Waals surface area contributed by atoms with E-state index < -0.39 is 11.5 Å². The number of ether oxygens (including phenoxy) is 2. The molecule has 2 rings (SSSR count). The van der Waals surface area contributed by atoms with Crippen LogP contribution in [0.3, 0.4) is 0 Å². The van der Waals surface area contributed by atoms with Crippen molar-refractivity contribution in [3.05, 3.63) is 36.4 Å². The molecular weight excluding hydrogens is 258 g/mol. The van der Waals surface area contributed by atoms with Gasteiger partial charge in [-0.2, -0.15) is 0 Å². The Bertz CT molecular complexity index is 567. The van der Waals surface area contributed by atoms with Crippen LogP contribution in [0.15, 0.2) is 30.9 Å². The number of benzene rings is 1. The third kappa shape index (κ3) is 2.05. The normalized spacial score (nSPS) is 20.0. The highest BCUT2D eigenvalue weighted by molar-refractivity contribution is 6.24. The lowest BCUT2D eigenvalue weighted by molar-refractivity contribution is -0.146. The summed E-state index contributed by atoms with van der Waals surface area (Å²) in [6, 6.07) is 5.07. The minimum absolute atomic E-state index is 0.168. The van der Waals surface area contributed by atoms with Crippen molar-refractivity contribution < 1.29 is 19.1 Å². The SMILES string of the molecule is C=CCC1(C(=O)OCC)Nc2ccc(OC)cc2C1=O. The van der Waals surface area contributed by atoms with Crippen LogP contribution in [-0.4, -0.2) is 31.0 Å². The van der Waals surface area contributed by atoms with Crippen molar-refractivity contribution in [3.63, 3.8) is 0 Å². The van der Waals surface area contributed by atoms with Crippen LogP contribution in [-0.2, 0) is 9.53 Å². The van der Waals surface area contributed by atoms with Crippen LogP contribution in [0, 0.1) is 0 Å². The Balaban J connectivity index is 2.45. The van der Waals surface area contributed by atoms with Crippen LogP contribution in [0.2, 0.25) is 0 Å². The number of hydrogen-bond donors (Lipinski definition) is 1. The monoisotopic (exact) mass is 275 g/mol. The standard InChI is InChI=1S/C15H17NO4/c1-4-8-15(14(18)20-5-2)13(17)11-9-10(19-3)6-7-12(11)16-15/h4,6-7,9,16H,1,5,8H2,2-3H3. The van der Waals surface area contributed by atoms with E-state index in [0.717, 1.165) is 0 Å². The Hall–Kier alpha value is -2.30. The molecule has 20 heavy (non-hydrogen) atoms. The molecule has 1 aliphatic heterocycles. The number of nitrogens with one attached hydrogen (secondary N) is 1. The third-order valence-electron chi connectivity index (χ3n) is 3.28. The first-order chi connectivity index (χ1) is 9.58. The van der Waals surface area contributed by atoms with Gasteiger partial charge >= 0.3 is 5.97 Å². The molecular formula is C15H17NO4. The maximum Gasteiger partial charge on any atom is 0.340 e. The molecule has 0 aromatic heterocycles. The van der Waals surface area contributed by atoms with Gasteiger partial charge in [-0.05, 0) is 25.1 Å². The number of methoxy groups -OCH3 is 1. The molecule has 0 radical (unpaired) electrons. The lowest BCUT2D eigenvalue weighted by Gasteiger charge is -2.24. The number of carbonyl (C=O) groups is 2. The number of Topliss-reactive ketones (excluding diaryl/α,β-unsaturated/α-hetero) is 1. The van der Waals surface area contributed by atoms with Crippen LogP contribution in [0.5, 0.6) is 5.75 Å². The summed E-state index contributed by atoms with van der Waals surface area (Å²) in [6.07, 6.45) is 1.70. The van der Waals surface area contributed by atoms with Crippen molar-refractivity contribution in [2.45, 2.75) is 18.9 Å². The van der Waals surface area contributed by atoms with Gasteiger partial charge in [0.1, 0.15) is 5.75 Å². The number of fused-ring (bicyclic) bond motifs is 1. The first kappa shape index (κ1) is 14.1. The second-order valence-electron chi connectivity index (χ2n) is 4.48. The van der Waals surface area contributed by atoms with Gasteiger partial charge < -0.3 is 14.8 Å². The van der Waals surface area contributed by atoms with E-state index in [2.05, 4.69) is 11.9 Å². The first-order valence-electron chi connectivity index (χ1n) is 6.38. The fourth-order valence-corrected chi connectivity index (χ4v) is 2.31. The van der Waals surface area contributed by atoms with E-state index in [1.54, 1.807) is 25.1 Å². The summed E-state index contributed by atoms with van der Waals surface area (Å²) in [4.78, 5) is 24.8. The number of hydrogen-bond acceptors (Lipinski definition) is 5. The second-order valence-corrected chi connectivity index (χ2v) is 4.48. The van der Waals surface area contributed by atoms with Crippen LogP contribution >= 0.6 is 0 Å². The highest BCUT2D eigenvalue weighted by Gasteiger charge is 2.52. The highest BCUT2D eigenvalue weighted by atomic mass is 16.5. The summed E-state index contributed by atoms with van der Waals surface area (Å²) in [5.41, 5.74) is -0.378. The lowest BCUT2D eigenvalue weighted by atomic mass is 9.90. The summed E-state index contributed by atoms with van der Waals surface area (Å²) in [7, 11) is 1.52. The van der Waals surface area contributed by atoms with Gasteiger partial charge in [-0.3, -0.25) is 4.79 Å². The molecule has 0 spiro atoms.